The van der Waals surface area contributed by atoms with E-state index in [1.165, 1.54) is 16.7 Å². The molecule has 1 aliphatic rings. The van der Waals surface area contributed by atoms with Gasteiger partial charge < -0.3 is 10.0 Å². The second kappa shape index (κ2) is 5.61. The van der Waals surface area contributed by atoms with Crippen molar-refractivity contribution in [3.05, 3.63) is 48.3 Å². The highest BCUT2D eigenvalue weighted by Crippen LogP contribution is 2.23. The van der Waals surface area contributed by atoms with E-state index in [0.29, 0.717) is 11.6 Å². The number of rotatable bonds is 3. The van der Waals surface area contributed by atoms with E-state index >= 15 is 0 Å². The number of nitrogens with zero attached hydrogens (tertiary/aromatic N) is 3. The Morgan fingerprint density at radius 1 is 1.24 bits per heavy atom. The summed E-state index contributed by atoms with van der Waals surface area (Å²) in [6.07, 6.45) is 1.70. The number of carboxylic acids is 1. The van der Waals surface area contributed by atoms with Crippen molar-refractivity contribution < 1.29 is 14.7 Å². The number of aromatic nitrogens is 2. The first kappa shape index (κ1) is 13.7. The second-order valence-electron chi connectivity index (χ2n) is 4.61. The summed E-state index contributed by atoms with van der Waals surface area (Å²) in [4.78, 5) is 24.9. The average molecular weight is 303 g/mol. The number of carboxylic acid groups (broad SMARTS) is 1. The van der Waals surface area contributed by atoms with Crippen LogP contribution in [0.25, 0.3) is 5.69 Å². The Morgan fingerprint density at radius 2 is 2.00 bits per heavy atom. The van der Waals surface area contributed by atoms with Crippen molar-refractivity contribution in [2.24, 2.45) is 0 Å². The van der Waals surface area contributed by atoms with Gasteiger partial charge in [-0.3, -0.25) is 4.79 Å². The van der Waals surface area contributed by atoms with Crippen LogP contribution in [0.3, 0.4) is 0 Å². The lowest BCUT2D eigenvalue weighted by Crippen LogP contribution is -2.41. The molecule has 2 heterocycles. The maximum Gasteiger partial charge on any atom is 0.327 e. The standard InChI is InChI=1S/C14H13N3O3S/c18-13(16-9-21-8-12(16)14(19)20)11-6-7-17(15-11)10-4-2-1-3-5-10/h1-7,12H,8-9H2,(H,19,20). The van der Waals surface area contributed by atoms with Crippen molar-refractivity contribution in [3.8, 4) is 5.69 Å². The van der Waals surface area contributed by atoms with Crippen LogP contribution in [0.2, 0.25) is 0 Å². The lowest BCUT2D eigenvalue weighted by atomic mass is 10.2. The number of amides is 1. The number of para-hydroxylation sites is 1. The fourth-order valence-electron chi connectivity index (χ4n) is 2.16. The van der Waals surface area contributed by atoms with E-state index in [1.54, 1.807) is 16.9 Å². The summed E-state index contributed by atoms with van der Waals surface area (Å²) in [5, 5.41) is 13.4. The lowest BCUT2D eigenvalue weighted by molar-refractivity contribution is -0.140. The number of carbonyl (C=O) groups excluding carboxylic acids is 1. The number of hydrogen-bond acceptors (Lipinski definition) is 4. The second-order valence-corrected chi connectivity index (χ2v) is 5.61. The third-order valence-electron chi connectivity index (χ3n) is 3.26. The molecule has 0 aliphatic carbocycles. The monoisotopic (exact) mass is 303 g/mol. The molecule has 7 heteroatoms. The number of thioether (sulfide) groups is 1. The molecule has 108 valence electrons. The number of aliphatic carboxylic acids is 1. The van der Waals surface area contributed by atoms with Crippen LogP contribution in [-0.4, -0.2) is 49.3 Å². The van der Waals surface area contributed by atoms with Gasteiger partial charge in [-0.05, 0) is 18.2 Å². The van der Waals surface area contributed by atoms with Gasteiger partial charge in [-0.1, -0.05) is 18.2 Å². The molecule has 0 radical (unpaired) electrons. The van der Waals surface area contributed by atoms with Crippen molar-refractivity contribution in [2.75, 3.05) is 11.6 Å². The molecule has 1 unspecified atom stereocenters. The fraction of sp³-hybridized carbons (Fsp3) is 0.214. The largest absolute Gasteiger partial charge is 0.480 e. The maximum atomic E-state index is 12.4. The van der Waals surface area contributed by atoms with Crippen LogP contribution in [0.1, 0.15) is 10.5 Å². The van der Waals surface area contributed by atoms with E-state index in [-0.39, 0.29) is 11.6 Å². The SMILES string of the molecule is O=C(O)C1CSCN1C(=O)c1ccn(-c2ccccc2)n1. The van der Waals surface area contributed by atoms with Gasteiger partial charge in [0.1, 0.15) is 6.04 Å². The maximum absolute atomic E-state index is 12.4. The predicted octanol–water partition coefficient (Wildman–Crippen LogP) is 1.47. The van der Waals surface area contributed by atoms with Gasteiger partial charge in [0, 0.05) is 11.9 Å². The Morgan fingerprint density at radius 3 is 2.71 bits per heavy atom. The zero-order chi connectivity index (χ0) is 14.8. The molecule has 1 fully saturated rings. The van der Waals surface area contributed by atoms with E-state index in [2.05, 4.69) is 5.10 Å². The number of carbonyl (C=O) groups is 2. The Labute approximate surface area is 125 Å². The summed E-state index contributed by atoms with van der Waals surface area (Å²) < 4.78 is 1.60. The van der Waals surface area contributed by atoms with Crippen molar-refractivity contribution in [2.45, 2.75) is 6.04 Å². The van der Waals surface area contributed by atoms with Crippen LogP contribution in [0, 0.1) is 0 Å². The predicted molar refractivity (Wildman–Crippen MR) is 78.5 cm³/mol. The first-order valence-corrected chi connectivity index (χ1v) is 7.55. The van der Waals surface area contributed by atoms with Gasteiger partial charge >= 0.3 is 5.97 Å². The van der Waals surface area contributed by atoms with Crippen molar-refractivity contribution in [3.63, 3.8) is 0 Å². The Kier molecular flexibility index (Phi) is 3.66. The minimum atomic E-state index is -0.976. The van der Waals surface area contributed by atoms with E-state index in [9.17, 15) is 9.59 Å². The molecule has 1 amide bonds. The molecule has 1 aliphatic heterocycles. The smallest absolute Gasteiger partial charge is 0.327 e. The lowest BCUT2D eigenvalue weighted by Gasteiger charge is -2.19. The summed E-state index contributed by atoms with van der Waals surface area (Å²) >= 11 is 1.43. The first-order valence-electron chi connectivity index (χ1n) is 6.39. The van der Waals surface area contributed by atoms with Gasteiger partial charge in [0.15, 0.2) is 5.69 Å². The van der Waals surface area contributed by atoms with Gasteiger partial charge in [0.2, 0.25) is 0 Å². The molecule has 3 rings (SSSR count). The molecule has 2 aromatic rings. The number of hydrogen-bond donors (Lipinski definition) is 1. The van der Waals surface area contributed by atoms with E-state index in [1.807, 2.05) is 30.3 Å². The highest BCUT2D eigenvalue weighted by Gasteiger charge is 2.35. The van der Waals surface area contributed by atoms with Crippen LogP contribution < -0.4 is 0 Å². The third kappa shape index (κ3) is 2.64. The van der Waals surface area contributed by atoms with E-state index in [0.717, 1.165) is 5.69 Å². The van der Waals surface area contributed by atoms with Crippen molar-refractivity contribution in [1.29, 1.82) is 0 Å². The Balaban J connectivity index is 1.83. The molecule has 0 saturated carbocycles. The van der Waals surface area contributed by atoms with Crippen molar-refractivity contribution in [1.82, 2.24) is 14.7 Å². The van der Waals surface area contributed by atoms with Gasteiger partial charge in [0.25, 0.3) is 5.91 Å². The molecule has 1 aromatic carbocycles. The quantitative estimate of drug-likeness (QED) is 0.929. The van der Waals surface area contributed by atoms with Crippen molar-refractivity contribution >= 4 is 23.6 Å². The fourth-order valence-corrected chi connectivity index (χ4v) is 3.30. The van der Waals surface area contributed by atoms with Crippen LogP contribution >= 0.6 is 11.8 Å². The highest BCUT2D eigenvalue weighted by molar-refractivity contribution is 7.99. The normalized spacial score (nSPS) is 17.9. The molecule has 1 saturated heterocycles. The van der Waals surface area contributed by atoms with Gasteiger partial charge in [-0.2, -0.15) is 5.10 Å². The summed E-state index contributed by atoms with van der Waals surface area (Å²) in [5.41, 5.74) is 1.11. The summed E-state index contributed by atoms with van der Waals surface area (Å²) in [6, 6.07) is 10.3. The zero-order valence-corrected chi connectivity index (χ0v) is 11.9. The Bertz CT molecular complexity index is 671. The first-order chi connectivity index (χ1) is 10.2. The van der Waals surface area contributed by atoms with Crippen LogP contribution in [0.4, 0.5) is 0 Å². The molecular weight excluding hydrogens is 290 g/mol. The minimum absolute atomic E-state index is 0.257. The molecule has 21 heavy (non-hydrogen) atoms. The topological polar surface area (TPSA) is 75.4 Å². The minimum Gasteiger partial charge on any atom is -0.480 e. The Hall–Kier alpha value is -2.28. The van der Waals surface area contributed by atoms with Crippen LogP contribution in [-0.2, 0) is 4.79 Å². The molecule has 1 aromatic heterocycles. The van der Waals surface area contributed by atoms with Gasteiger partial charge in [-0.15, -0.1) is 11.8 Å². The van der Waals surface area contributed by atoms with Crippen LogP contribution in [0.5, 0.6) is 0 Å². The summed E-state index contributed by atoms with van der Waals surface area (Å²) in [5.74, 6) is -0.521. The summed E-state index contributed by atoms with van der Waals surface area (Å²) in [6.45, 7) is 0. The molecule has 6 nitrogen and oxygen atoms in total. The highest BCUT2D eigenvalue weighted by atomic mass is 32.2. The van der Waals surface area contributed by atoms with E-state index < -0.39 is 12.0 Å². The average Bonchev–Trinajstić information content (AvgIpc) is 3.17. The molecule has 1 N–H and O–H groups in total. The molecule has 0 bridgehead atoms. The molecular formula is C14H13N3O3S. The van der Waals surface area contributed by atoms with Gasteiger partial charge in [0.05, 0.1) is 11.6 Å². The zero-order valence-electron chi connectivity index (χ0n) is 11.0. The molecule has 0 spiro atoms. The van der Waals surface area contributed by atoms with E-state index in [4.69, 9.17) is 5.11 Å². The third-order valence-corrected chi connectivity index (χ3v) is 4.27. The number of benzene rings is 1. The molecule has 1 atom stereocenters. The summed E-state index contributed by atoms with van der Waals surface area (Å²) in [7, 11) is 0. The van der Waals surface area contributed by atoms with Gasteiger partial charge in [-0.25, -0.2) is 9.48 Å². The van der Waals surface area contributed by atoms with Crippen LogP contribution in [0.15, 0.2) is 42.6 Å².